The Hall–Kier alpha value is -5.41. The van der Waals surface area contributed by atoms with Crippen molar-refractivity contribution in [3.63, 3.8) is 0 Å². The molecule has 0 radical (unpaired) electrons. The first kappa shape index (κ1) is 33.5. The second-order valence-electron chi connectivity index (χ2n) is 11.5. The van der Waals surface area contributed by atoms with Crippen LogP contribution in [-0.4, -0.2) is 35.9 Å². The zero-order valence-corrected chi connectivity index (χ0v) is 28.4. The van der Waals surface area contributed by atoms with Gasteiger partial charge in [-0.15, -0.1) is 0 Å². The van der Waals surface area contributed by atoms with Crippen molar-refractivity contribution in [3.8, 4) is 34.5 Å². The topological polar surface area (TPSA) is 83.5 Å². The summed E-state index contributed by atoms with van der Waals surface area (Å²) in [6, 6.07) is 32.5. The van der Waals surface area contributed by atoms with Gasteiger partial charge in [-0.05, 0) is 116 Å². The summed E-state index contributed by atoms with van der Waals surface area (Å²) in [5.74, 6) is 4.04. The summed E-state index contributed by atoms with van der Waals surface area (Å²) in [7, 11) is -0.546. The first-order valence-electron chi connectivity index (χ1n) is 16.2. The van der Waals surface area contributed by atoms with Gasteiger partial charge < -0.3 is 28.6 Å². The van der Waals surface area contributed by atoms with Crippen molar-refractivity contribution >= 4 is 33.0 Å². The molecular weight excluding hydrogens is 639 g/mol. The van der Waals surface area contributed by atoms with Crippen LogP contribution in [0.2, 0.25) is 0 Å². The smallest absolute Gasteiger partial charge is 0.206 e. The number of nitrogens with zero attached hydrogens (tertiary/aromatic N) is 1. The van der Waals surface area contributed by atoms with Gasteiger partial charge in [0.1, 0.15) is 23.0 Å². The number of benzene rings is 5. The molecule has 0 fully saturated rings. The van der Waals surface area contributed by atoms with Crippen LogP contribution in [0.1, 0.15) is 31.2 Å². The number of fused-ring (bicyclic) bond motifs is 2. The van der Waals surface area contributed by atoms with E-state index in [1.165, 1.54) is 0 Å². The lowest BCUT2D eigenvalue weighted by Crippen LogP contribution is -2.16. The number of ether oxygens (including phenoxy) is 5. The third-order valence-electron chi connectivity index (χ3n) is 8.27. The first-order valence-corrected chi connectivity index (χ1v) is 17.7. The zero-order chi connectivity index (χ0) is 34.2. The van der Waals surface area contributed by atoms with Crippen molar-refractivity contribution in [2.75, 3.05) is 32.3 Å². The molecule has 0 saturated carbocycles. The van der Waals surface area contributed by atoms with Gasteiger partial charge in [-0.2, -0.15) is 0 Å². The molecule has 5 aromatic carbocycles. The van der Waals surface area contributed by atoms with Crippen LogP contribution >= 0.6 is 0 Å². The van der Waals surface area contributed by atoms with Crippen LogP contribution in [0.25, 0.3) is 6.08 Å². The molecule has 0 spiro atoms. The minimum atomic E-state index is -3.75. The normalized spacial score (nSPS) is 11.9. The second-order valence-corrected chi connectivity index (χ2v) is 13.4. The van der Waals surface area contributed by atoms with Crippen LogP contribution in [0, 0.1) is 0 Å². The molecule has 0 bridgehead atoms. The van der Waals surface area contributed by atoms with Crippen molar-refractivity contribution in [3.05, 3.63) is 121 Å². The number of sulfone groups is 1. The molecule has 6 rings (SSSR count). The Morgan fingerprint density at radius 1 is 0.612 bits per heavy atom. The molecule has 9 heteroatoms. The second kappa shape index (κ2) is 15.2. The fourth-order valence-corrected chi connectivity index (χ4v) is 6.83. The first-order chi connectivity index (χ1) is 23.9. The summed E-state index contributed by atoms with van der Waals surface area (Å²) in [6.07, 6.45) is 5.74. The Morgan fingerprint density at radius 2 is 1.06 bits per heavy atom. The van der Waals surface area contributed by atoms with Gasteiger partial charge in [0.05, 0.1) is 48.6 Å². The van der Waals surface area contributed by atoms with Gasteiger partial charge in [0.2, 0.25) is 9.84 Å². The molecule has 49 heavy (non-hydrogen) atoms. The average molecular weight is 678 g/mol. The summed E-state index contributed by atoms with van der Waals surface area (Å²) < 4.78 is 55.8. The molecular formula is C40H39NO7S. The molecule has 0 amide bonds. The molecule has 8 nitrogen and oxygen atoms in total. The predicted molar refractivity (Wildman–Crippen MR) is 192 cm³/mol. The third-order valence-corrected chi connectivity index (χ3v) is 10.1. The van der Waals surface area contributed by atoms with Crippen molar-refractivity contribution in [2.24, 2.45) is 0 Å². The van der Waals surface area contributed by atoms with Gasteiger partial charge in [-0.1, -0.05) is 24.8 Å². The molecule has 0 aromatic heterocycles. The molecule has 0 unspecified atom stereocenters. The average Bonchev–Trinajstić information content (AvgIpc) is 3.14. The maximum atomic E-state index is 13.6. The van der Waals surface area contributed by atoms with Crippen molar-refractivity contribution in [1.29, 1.82) is 0 Å². The van der Waals surface area contributed by atoms with Crippen molar-refractivity contribution < 1.29 is 32.1 Å². The molecule has 1 aliphatic heterocycles. The molecule has 1 heterocycles. The number of hydrogen-bond acceptors (Lipinski definition) is 8. The Labute approximate surface area is 288 Å². The highest BCUT2D eigenvalue weighted by molar-refractivity contribution is 7.91. The lowest BCUT2D eigenvalue weighted by molar-refractivity contribution is 0.287. The molecule has 0 atom stereocenters. The molecule has 0 N–H and O–H groups in total. The van der Waals surface area contributed by atoms with E-state index in [9.17, 15) is 8.42 Å². The summed E-state index contributed by atoms with van der Waals surface area (Å²) in [4.78, 5) is 2.42. The summed E-state index contributed by atoms with van der Waals surface area (Å²) >= 11 is 0. The van der Waals surface area contributed by atoms with Crippen molar-refractivity contribution in [2.45, 2.75) is 35.5 Å². The number of hydrogen-bond donors (Lipinski definition) is 0. The van der Waals surface area contributed by atoms with Crippen molar-refractivity contribution in [1.82, 2.24) is 0 Å². The summed E-state index contributed by atoms with van der Waals surface area (Å²) in [5.41, 5.74) is 3.44. The van der Waals surface area contributed by atoms with Crippen LogP contribution in [0.4, 0.5) is 17.1 Å². The number of rotatable bonds is 15. The molecule has 1 aliphatic rings. The van der Waals surface area contributed by atoms with E-state index in [4.69, 9.17) is 23.7 Å². The predicted octanol–water partition coefficient (Wildman–Crippen LogP) is 9.77. The maximum Gasteiger partial charge on any atom is 0.206 e. The molecule has 0 saturated heterocycles. The Morgan fingerprint density at radius 3 is 1.53 bits per heavy atom. The number of methoxy groups -OCH3 is 2. The molecule has 5 aromatic rings. The monoisotopic (exact) mass is 677 g/mol. The van der Waals surface area contributed by atoms with E-state index in [-0.39, 0.29) is 9.79 Å². The van der Waals surface area contributed by atoms with Crippen LogP contribution < -0.4 is 28.6 Å². The Bertz CT molecular complexity index is 1940. The van der Waals surface area contributed by atoms with E-state index in [0.717, 1.165) is 54.1 Å². The van der Waals surface area contributed by atoms with Gasteiger partial charge in [-0.3, -0.25) is 0 Å². The fourth-order valence-electron chi connectivity index (χ4n) is 5.57. The summed E-state index contributed by atoms with van der Waals surface area (Å²) in [5, 5.41) is 0. The van der Waals surface area contributed by atoms with Gasteiger partial charge >= 0.3 is 0 Å². The van der Waals surface area contributed by atoms with Gasteiger partial charge in [-0.25, -0.2) is 8.42 Å². The van der Waals surface area contributed by atoms with E-state index < -0.39 is 9.84 Å². The van der Waals surface area contributed by atoms with Gasteiger partial charge in [0, 0.05) is 17.8 Å². The fraction of sp³-hybridized carbons (Fsp3) is 0.200. The van der Waals surface area contributed by atoms with E-state index in [1.807, 2.05) is 71.6 Å². The third kappa shape index (κ3) is 7.68. The SMILES string of the molecule is C=Cc1ccc(OCCCCCCOc2ccc(S(=O)(=O)c3ccc(N4c5ccc(OC)cc5Oc5cc(OC)ccc54)cc3)cc2)cc1. The van der Waals surface area contributed by atoms with Gasteiger partial charge in [0.15, 0.2) is 11.5 Å². The zero-order valence-electron chi connectivity index (χ0n) is 27.6. The van der Waals surface area contributed by atoms with Crippen LogP contribution in [-0.2, 0) is 9.84 Å². The summed E-state index contributed by atoms with van der Waals surface area (Å²) in [6.45, 7) is 5.00. The number of unbranched alkanes of at least 4 members (excludes halogenated alkanes) is 3. The number of anilines is 3. The molecule has 0 aliphatic carbocycles. The van der Waals surface area contributed by atoms with Crippen LogP contribution in [0.5, 0.6) is 34.5 Å². The largest absolute Gasteiger partial charge is 0.497 e. The quantitative estimate of drug-likeness (QED) is 0.0994. The molecule has 252 valence electrons. The van der Waals surface area contributed by atoms with E-state index in [0.29, 0.717) is 42.0 Å². The highest BCUT2D eigenvalue weighted by Gasteiger charge is 2.27. The Kier molecular flexibility index (Phi) is 10.4. The lowest BCUT2D eigenvalue weighted by atomic mass is 10.1. The van der Waals surface area contributed by atoms with E-state index >= 15 is 0 Å². The van der Waals surface area contributed by atoms with E-state index in [2.05, 4.69) is 6.58 Å². The highest BCUT2D eigenvalue weighted by Crippen LogP contribution is 2.52. The minimum absolute atomic E-state index is 0.195. The maximum absolute atomic E-state index is 13.6. The standard InChI is InChI=1S/C40H39NO7S/c1-4-29-9-13-31(14-10-29)46-25-7-5-6-8-26-47-32-15-21-36(22-16-32)49(42,43)35-19-11-30(12-20-35)41-37-23-17-33(44-2)27-39(37)48-40-28-34(45-3)18-24-38(40)41/h4,9-24,27-28H,1,5-8,25-26H2,2-3H3. The van der Waals surface area contributed by atoms with E-state index in [1.54, 1.807) is 62.8 Å². The van der Waals surface area contributed by atoms with Gasteiger partial charge in [0.25, 0.3) is 0 Å². The Balaban J connectivity index is 1.05. The lowest BCUT2D eigenvalue weighted by Gasteiger charge is -2.33. The van der Waals surface area contributed by atoms with Crippen LogP contribution in [0.15, 0.2) is 126 Å². The minimum Gasteiger partial charge on any atom is -0.497 e. The highest BCUT2D eigenvalue weighted by atomic mass is 32.2. The van der Waals surface area contributed by atoms with Crippen LogP contribution in [0.3, 0.4) is 0 Å².